The molecule has 5 rings (SSSR count). The molecular weight excluding hydrogens is 410 g/mol. The molecule has 1 aliphatic rings. The number of hydrogen-bond donors (Lipinski definition) is 1. The molecule has 2 aromatic carbocycles. The van der Waals surface area contributed by atoms with Crippen molar-refractivity contribution in [2.24, 2.45) is 0 Å². The van der Waals surface area contributed by atoms with Crippen molar-refractivity contribution in [1.82, 2.24) is 5.32 Å². The van der Waals surface area contributed by atoms with Crippen LogP contribution in [-0.2, 0) is 17.8 Å². The lowest BCUT2D eigenvalue weighted by atomic mass is 10.0. The second kappa shape index (κ2) is 7.75. The number of fused-ring (bicyclic) bond motifs is 3. The fourth-order valence-corrected chi connectivity index (χ4v) is 4.09. The Morgan fingerprint density at radius 1 is 0.938 bits per heavy atom. The van der Waals surface area contributed by atoms with Gasteiger partial charge in [0, 0.05) is 35.4 Å². The molecule has 4 aromatic rings. The van der Waals surface area contributed by atoms with E-state index in [9.17, 15) is 9.59 Å². The minimum atomic E-state index is -0.419. The Morgan fingerprint density at radius 2 is 1.69 bits per heavy atom. The van der Waals surface area contributed by atoms with Crippen molar-refractivity contribution in [2.75, 3.05) is 6.79 Å². The van der Waals surface area contributed by atoms with Gasteiger partial charge in [0.15, 0.2) is 11.5 Å². The summed E-state index contributed by atoms with van der Waals surface area (Å²) in [6.45, 7) is 6.40. The summed E-state index contributed by atoms with van der Waals surface area (Å²) in [4.78, 5) is 25.0. The Hall–Kier alpha value is -3.74. The van der Waals surface area contributed by atoms with Gasteiger partial charge in [-0.15, -0.1) is 0 Å². The van der Waals surface area contributed by atoms with Crippen LogP contribution in [0.3, 0.4) is 0 Å². The molecule has 164 valence electrons. The Morgan fingerprint density at radius 3 is 2.53 bits per heavy atom. The fraction of sp³-hybridized carbons (Fsp3) is 0.280. The number of hydrogen-bond acceptors (Lipinski definition) is 6. The van der Waals surface area contributed by atoms with E-state index in [1.807, 2.05) is 45.0 Å². The number of amides is 1. The van der Waals surface area contributed by atoms with Crippen LogP contribution in [0.15, 0.2) is 44.0 Å². The van der Waals surface area contributed by atoms with E-state index in [0.29, 0.717) is 41.2 Å². The fourth-order valence-electron chi connectivity index (χ4n) is 4.09. The highest BCUT2D eigenvalue weighted by Crippen LogP contribution is 2.33. The average Bonchev–Trinajstić information content (AvgIpc) is 3.34. The van der Waals surface area contributed by atoms with Gasteiger partial charge in [0.2, 0.25) is 12.7 Å². The van der Waals surface area contributed by atoms with Crippen molar-refractivity contribution in [1.29, 1.82) is 0 Å². The lowest BCUT2D eigenvalue weighted by Gasteiger charge is -2.09. The Kier molecular flexibility index (Phi) is 4.89. The van der Waals surface area contributed by atoms with Crippen molar-refractivity contribution >= 4 is 27.8 Å². The molecule has 2 aromatic heterocycles. The third-order valence-electron chi connectivity index (χ3n) is 6.11. The molecule has 0 saturated carbocycles. The summed E-state index contributed by atoms with van der Waals surface area (Å²) >= 11 is 0. The van der Waals surface area contributed by atoms with Crippen molar-refractivity contribution in [3.63, 3.8) is 0 Å². The molecule has 7 heteroatoms. The van der Waals surface area contributed by atoms with Crippen LogP contribution in [-0.4, -0.2) is 12.7 Å². The van der Waals surface area contributed by atoms with Crippen molar-refractivity contribution in [3.8, 4) is 11.5 Å². The van der Waals surface area contributed by atoms with Crippen molar-refractivity contribution < 1.29 is 23.1 Å². The number of furan rings is 1. The van der Waals surface area contributed by atoms with Gasteiger partial charge in [0.05, 0.1) is 0 Å². The standard InChI is InChI=1S/C25H23NO6/c1-13-15(3)31-21-10-22-19(9-18(13)21)14(2)17(25(28)32-22)5-7-24(27)26-11-16-4-6-20-23(8-16)30-12-29-20/h4,6,8-10H,5,7,11-12H2,1-3H3,(H,26,27). The molecule has 0 fully saturated rings. The molecule has 3 heterocycles. The van der Waals surface area contributed by atoms with Gasteiger partial charge in [-0.05, 0) is 62.1 Å². The van der Waals surface area contributed by atoms with Crippen LogP contribution in [0.5, 0.6) is 11.5 Å². The number of nitrogens with one attached hydrogen (secondary N) is 1. The smallest absolute Gasteiger partial charge is 0.339 e. The molecule has 1 N–H and O–H groups in total. The number of rotatable bonds is 5. The van der Waals surface area contributed by atoms with E-state index < -0.39 is 5.63 Å². The lowest BCUT2D eigenvalue weighted by molar-refractivity contribution is -0.121. The average molecular weight is 433 g/mol. The maximum atomic E-state index is 12.6. The van der Waals surface area contributed by atoms with E-state index in [4.69, 9.17) is 18.3 Å². The van der Waals surface area contributed by atoms with Gasteiger partial charge >= 0.3 is 5.63 Å². The molecule has 0 radical (unpaired) electrons. The molecule has 7 nitrogen and oxygen atoms in total. The highest BCUT2D eigenvalue weighted by molar-refractivity contribution is 5.96. The maximum Gasteiger partial charge on any atom is 0.339 e. The molecule has 0 bridgehead atoms. The summed E-state index contributed by atoms with van der Waals surface area (Å²) in [7, 11) is 0. The van der Waals surface area contributed by atoms with E-state index >= 15 is 0 Å². The molecule has 1 amide bonds. The predicted octanol–water partition coefficient (Wildman–Crippen LogP) is 4.44. The summed E-state index contributed by atoms with van der Waals surface area (Å²) < 4.78 is 22.0. The minimum absolute atomic E-state index is 0.140. The third kappa shape index (κ3) is 3.49. The monoisotopic (exact) mass is 433 g/mol. The number of ether oxygens (including phenoxy) is 2. The second-order valence-corrected chi connectivity index (χ2v) is 8.09. The minimum Gasteiger partial charge on any atom is -0.461 e. The van der Waals surface area contributed by atoms with Crippen LogP contribution in [0.25, 0.3) is 21.9 Å². The van der Waals surface area contributed by atoms with Crippen LogP contribution >= 0.6 is 0 Å². The summed E-state index contributed by atoms with van der Waals surface area (Å²) in [6.07, 6.45) is 0.492. The Bertz CT molecular complexity index is 1430. The zero-order valence-electron chi connectivity index (χ0n) is 18.2. The zero-order valence-corrected chi connectivity index (χ0v) is 18.2. The molecule has 0 saturated heterocycles. The Balaban J connectivity index is 1.32. The SMILES string of the molecule is Cc1oc2cc3oc(=O)c(CCC(=O)NCc4ccc5c(c4)OCO5)c(C)c3cc2c1C. The highest BCUT2D eigenvalue weighted by Gasteiger charge is 2.17. The quantitative estimate of drug-likeness (QED) is 0.468. The largest absolute Gasteiger partial charge is 0.461 e. The topological polar surface area (TPSA) is 90.9 Å². The molecule has 0 atom stereocenters. The van der Waals surface area contributed by atoms with Gasteiger partial charge in [0.25, 0.3) is 0 Å². The second-order valence-electron chi connectivity index (χ2n) is 8.09. The van der Waals surface area contributed by atoms with Crippen LogP contribution in [0, 0.1) is 20.8 Å². The molecule has 0 unspecified atom stereocenters. The van der Waals surface area contributed by atoms with Gasteiger partial charge in [-0.3, -0.25) is 4.79 Å². The van der Waals surface area contributed by atoms with Crippen LogP contribution in [0.1, 0.15) is 34.4 Å². The first-order valence-corrected chi connectivity index (χ1v) is 10.5. The van der Waals surface area contributed by atoms with E-state index in [1.54, 1.807) is 6.07 Å². The van der Waals surface area contributed by atoms with Gasteiger partial charge in [-0.25, -0.2) is 4.79 Å². The summed E-state index contributed by atoms with van der Waals surface area (Å²) in [5, 5.41) is 4.75. The maximum absolute atomic E-state index is 12.6. The van der Waals surface area contributed by atoms with Crippen LogP contribution in [0.4, 0.5) is 0 Å². The summed E-state index contributed by atoms with van der Waals surface area (Å²) in [5.74, 6) is 2.09. The van der Waals surface area contributed by atoms with E-state index in [0.717, 1.165) is 33.2 Å². The Labute approximate surface area is 183 Å². The van der Waals surface area contributed by atoms with Gasteiger partial charge < -0.3 is 23.6 Å². The number of benzene rings is 2. The molecule has 0 spiro atoms. The number of carbonyl (C=O) groups is 1. The zero-order chi connectivity index (χ0) is 22.4. The van der Waals surface area contributed by atoms with Gasteiger partial charge in [-0.2, -0.15) is 0 Å². The number of aryl methyl sites for hydroxylation is 3. The van der Waals surface area contributed by atoms with Gasteiger partial charge in [-0.1, -0.05) is 6.07 Å². The third-order valence-corrected chi connectivity index (χ3v) is 6.11. The first-order valence-electron chi connectivity index (χ1n) is 10.5. The molecule has 0 aliphatic carbocycles. The number of carbonyl (C=O) groups excluding carboxylic acids is 1. The first kappa shape index (κ1) is 20.2. The van der Waals surface area contributed by atoms with Crippen LogP contribution < -0.4 is 20.4 Å². The summed E-state index contributed by atoms with van der Waals surface area (Å²) in [5.41, 5.74) is 4.11. The summed E-state index contributed by atoms with van der Waals surface area (Å²) in [6, 6.07) is 9.33. The molecule has 1 aliphatic heterocycles. The lowest BCUT2D eigenvalue weighted by Crippen LogP contribution is -2.24. The van der Waals surface area contributed by atoms with E-state index in [1.165, 1.54) is 0 Å². The van der Waals surface area contributed by atoms with Gasteiger partial charge in [0.1, 0.15) is 16.9 Å². The molecular formula is C25H23NO6. The van der Waals surface area contributed by atoms with Crippen molar-refractivity contribution in [2.45, 2.75) is 40.2 Å². The van der Waals surface area contributed by atoms with E-state index in [2.05, 4.69) is 5.32 Å². The normalized spacial score (nSPS) is 12.6. The first-order chi connectivity index (χ1) is 15.4. The van der Waals surface area contributed by atoms with Crippen molar-refractivity contribution in [3.05, 3.63) is 68.8 Å². The van der Waals surface area contributed by atoms with Crippen LogP contribution in [0.2, 0.25) is 0 Å². The molecule has 32 heavy (non-hydrogen) atoms. The van der Waals surface area contributed by atoms with E-state index in [-0.39, 0.29) is 19.1 Å². The predicted molar refractivity (Wildman–Crippen MR) is 119 cm³/mol. The highest BCUT2D eigenvalue weighted by atomic mass is 16.7.